The first-order chi connectivity index (χ1) is 8.63. The molecule has 0 saturated heterocycles. The standard InChI is InChI=1S/C13H18N2O3/c1-2-3-4-5-12(16)15-9-11-8-10(13(17)18)6-7-14-11/h6-8H,2-5,9H2,1H3,(H,15,16)(H,17,18). The molecule has 98 valence electrons. The van der Waals surface area contributed by atoms with Crippen LogP contribution in [0.1, 0.15) is 48.7 Å². The van der Waals surface area contributed by atoms with Crippen molar-refractivity contribution in [2.75, 3.05) is 0 Å². The maximum Gasteiger partial charge on any atom is 0.335 e. The molecule has 0 aliphatic heterocycles. The smallest absolute Gasteiger partial charge is 0.335 e. The Bertz CT molecular complexity index is 418. The lowest BCUT2D eigenvalue weighted by Gasteiger charge is -2.05. The minimum absolute atomic E-state index is 0.0222. The molecule has 0 saturated carbocycles. The van der Waals surface area contributed by atoms with Gasteiger partial charge in [-0.3, -0.25) is 9.78 Å². The summed E-state index contributed by atoms with van der Waals surface area (Å²) in [5, 5.41) is 11.5. The molecule has 0 fully saturated rings. The van der Waals surface area contributed by atoms with Crippen molar-refractivity contribution >= 4 is 11.9 Å². The predicted molar refractivity (Wildman–Crippen MR) is 67.2 cm³/mol. The topological polar surface area (TPSA) is 79.3 Å². The number of aromatic nitrogens is 1. The van der Waals surface area contributed by atoms with Gasteiger partial charge in [0.25, 0.3) is 0 Å². The van der Waals surface area contributed by atoms with Gasteiger partial charge >= 0.3 is 5.97 Å². The fourth-order valence-electron chi connectivity index (χ4n) is 1.52. The third kappa shape index (κ3) is 4.95. The van der Waals surface area contributed by atoms with Gasteiger partial charge in [0.1, 0.15) is 0 Å². The number of carboxylic acids is 1. The van der Waals surface area contributed by atoms with Crippen LogP contribution in [0.2, 0.25) is 0 Å². The second-order valence-corrected chi connectivity index (χ2v) is 4.07. The number of carboxylic acid groups (broad SMARTS) is 1. The molecule has 0 atom stereocenters. The first-order valence-corrected chi connectivity index (χ1v) is 6.08. The van der Waals surface area contributed by atoms with E-state index < -0.39 is 5.97 Å². The summed E-state index contributed by atoms with van der Waals surface area (Å²) in [4.78, 5) is 26.2. The van der Waals surface area contributed by atoms with E-state index in [1.54, 1.807) is 0 Å². The Morgan fingerprint density at radius 1 is 1.39 bits per heavy atom. The number of aromatic carboxylic acids is 1. The van der Waals surface area contributed by atoms with Gasteiger partial charge in [0.2, 0.25) is 5.91 Å². The van der Waals surface area contributed by atoms with Gasteiger partial charge in [-0.15, -0.1) is 0 Å². The molecular formula is C13H18N2O3. The molecule has 0 radical (unpaired) electrons. The predicted octanol–water partition coefficient (Wildman–Crippen LogP) is 1.98. The summed E-state index contributed by atoms with van der Waals surface area (Å²) < 4.78 is 0. The van der Waals surface area contributed by atoms with Crippen LogP contribution >= 0.6 is 0 Å². The fraction of sp³-hybridized carbons (Fsp3) is 0.462. The molecule has 1 amide bonds. The van der Waals surface area contributed by atoms with E-state index in [1.165, 1.54) is 18.3 Å². The Kier molecular flexibility index (Phi) is 5.84. The number of nitrogens with one attached hydrogen (secondary N) is 1. The van der Waals surface area contributed by atoms with Crippen LogP contribution in [0.4, 0.5) is 0 Å². The number of carbonyl (C=O) groups is 2. The Balaban J connectivity index is 2.41. The summed E-state index contributed by atoms with van der Waals surface area (Å²) in [6.45, 7) is 2.35. The Hall–Kier alpha value is -1.91. The van der Waals surface area contributed by atoms with Gasteiger partial charge in [-0.2, -0.15) is 0 Å². The Labute approximate surface area is 106 Å². The summed E-state index contributed by atoms with van der Waals surface area (Å²) in [7, 11) is 0. The Morgan fingerprint density at radius 3 is 2.83 bits per heavy atom. The molecule has 0 aromatic carbocycles. The van der Waals surface area contributed by atoms with Gasteiger partial charge in [-0.05, 0) is 18.6 Å². The summed E-state index contributed by atoms with van der Waals surface area (Å²) in [5.41, 5.74) is 0.735. The lowest BCUT2D eigenvalue weighted by molar-refractivity contribution is -0.121. The number of hydrogen-bond donors (Lipinski definition) is 2. The van der Waals surface area contributed by atoms with Crippen molar-refractivity contribution in [1.29, 1.82) is 0 Å². The summed E-state index contributed by atoms with van der Waals surface area (Å²) in [5.74, 6) is -1.01. The highest BCUT2D eigenvalue weighted by Gasteiger charge is 2.05. The van der Waals surface area contributed by atoms with Crippen molar-refractivity contribution in [3.8, 4) is 0 Å². The number of amides is 1. The van der Waals surface area contributed by atoms with Crippen molar-refractivity contribution in [3.05, 3.63) is 29.6 Å². The maximum absolute atomic E-state index is 11.5. The maximum atomic E-state index is 11.5. The quantitative estimate of drug-likeness (QED) is 0.725. The average molecular weight is 250 g/mol. The zero-order chi connectivity index (χ0) is 13.4. The molecule has 5 heteroatoms. The van der Waals surface area contributed by atoms with Crippen molar-refractivity contribution in [2.45, 2.75) is 39.2 Å². The lowest BCUT2D eigenvalue weighted by atomic mass is 10.2. The number of rotatable bonds is 7. The van der Waals surface area contributed by atoms with E-state index in [4.69, 9.17) is 5.11 Å². The zero-order valence-electron chi connectivity index (χ0n) is 10.5. The molecule has 0 aliphatic carbocycles. The first-order valence-electron chi connectivity index (χ1n) is 6.08. The Morgan fingerprint density at radius 2 is 2.17 bits per heavy atom. The largest absolute Gasteiger partial charge is 0.478 e. The van der Waals surface area contributed by atoms with Gasteiger partial charge < -0.3 is 10.4 Å². The van der Waals surface area contributed by atoms with Crippen LogP contribution < -0.4 is 5.32 Å². The third-order valence-corrected chi connectivity index (χ3v) is 2.54. The molecule has 0 aliphatic rings. The van der Waals surface area contributed by atoms with Crippen molar-refractivity contribution < 1.29 is 14.7 Å². The molecule has 0 unspecified atom stereocenters. The zero-order valence-corrected chi connectivity index (χ0v) is 10.5. The number of carbonyl (C=O) groups excluding carboxylic acids is 1. The third-order valence-electron chi connectivity index (χ3n) is 2.54. The van der Waals surface area contributed by atoms with E-state index in [0.717, 1.165) is 19.3 Å². The van der Waals surface area contributed by atoms with E-state index in [2.05, 4.69) is 17.2 Å². The van der Waals surface area contributed by atoms with E-state index >= 15 is 0 Å². The highest BCUT2D eigenvalue weighted by molar-refractivity contribution is 5.87. The second kappa shape index (κ2) is 7.42. The van der Waals surface area contributed by atoms with E-state index in [1.807, 2.05) is 0 Å². The SMILES string of the molecule is CCCCCC(=O)NCc1cc(C(=O)O)ccn1. The number of nitrogens with zero attached hydrogens (tertiary/aromatic N) is 1. The van der Waals surface area contributed by atoms with Gasteiger partial charge in [-0.1, -0.05) is 19.8 Å². The highest BCUT2D eigenvalue weighted by atomic mass is 16.4. The van der Waals surface area contributed by atoms with Crippen LogP contribution in [0.15, 0.2) is 18.3 Å². The first kappa shape index (κ1) is 14.2. The van der Waals surface area contributed by atoms with Crippen LogP contribution in [0.25, 0.3) is 0 Å². The molecule has 1 rings (SSSR count). The van der Waals surface area contributed by atoms with E-state index in [0.29, 0.717) is 12.1 Å². The molecule has 2 N–H and O–H groups in total. The van der Waals surface area contributed by atoms with Gasteiger partial charge in [0.15, 0.2) is 0 Å². The molecule has 0 bridgehead atoms. The van der Waals surface area contributed by atoms with E-state index in [-0.39, 0.29) is 18.0 Å². The van der Waals surface area contributed by atoms with Gasteiger partial charge in [0.05, 0.1) is 17.8 Å². The second-order valence-electron chi connectivity index (χ2n) is 4.07. The normalized spacial score (nSPS) is 10.1. The highest BCUT2D eigenvalue weighted by Crippen LogP contribution is 2.02. The monoisotopic (exact) mass is 250 g/mol. The molecule has 1 aromatic rings. The molecule has 0 spiro atoms. The summed E-state index contributed by atoms with van der Waals surface area (Å²) in [6, 6.07) is 2.89. The number of hydrogen-bond acceptors (Lipinski definition) is 3. The molecule has 5 nitrogen and oxygen atoms in total. The van der Waals surface area contributed by atoms with Crippen LogP contribution in [0, 0.1) is 0 Å². The molecule has 1 heterocycles. The number of pyridine rings is 1. The number of unbranched alkanes of at least 4 members (excludes halogenated alkanes) is 2. The minimum Gasteiger partial charge on any atom is -0.478 e. The van der Waals surface area contributed by atoms with Crippen LogP contribution in [-0.4, -0.2) is 22.0 Å². The van der Waals surface area contributed by atoms with Crippen molar-refractivity contribution in [3.63, 3.8) is 0 Å². The minimum atomic E-state index is -0.993. The fourth-order valence-corrected chi connectivity index (χ4v) is 1.52. The lowest BCUT2D eigenvalue weighted by Crippen LogP contribution is -2.23. The van der Waals surface area contributed by atoms with Crippen LogP contribution in [0.3, 0.4) is 0 Å². The van der Waals surface area contributed by atoms with E-state index in [9.17, 15) is 9.59 Å². The molecule has 18 heavy (non-hydrogen) atoms. The van der Waals surface area contributed by atoms with Gasteiger partial charge in [0, 0.05) is 12.6 Å². The molecule has 1 aromatic heterocycles. The van der Waals surface area contributed by atoms with Crippen LogP contribution in [0.5, 0.6) is 0 Å². The average Bonchev–Trinajstić information content (AvgIpc) is 2.37. The summed E-state index contributed by atoms with van der Waals surface area (Å²) in [6.07, 6.45) is 4.94. The molecular weight excluding hydrogens is 232 g/mol. The van der Waals surface area contributed by atoms with Crippen molar-refractivity contribution in [2.24, 2.45) is 0 Å². The van der Waals surface area contributed by atoms with Crippen LogP contribution in [-0.2, 0) is 11.3 Å². The van der Waals surface area contributed by atoms with Gasteiger partial charge in [-0.25, -0.2) is 4.79 Å². The van der Waals surface area contributed by atoms with Crippen molar-refractivity contribution in [1.82, 2.24) is 10.3 Å². The summed E-state index contributed by atoms with van der Waals surface area (Å²) >= 11 is 0.